The quantitative estimate of drug-likeness (QED) is 0.322. The van der Waals surface area contributed by atoms with Gasteiger partial charge in [0.05, 0.1) is 18.4 Å². The van der Waals surface area contributed by atoms with Crippen molar-refractivity contribution in [1.82, 2.24) is 29.4 Å². The summed E-state index contributed by atoms with van der Waals surface area (Å²) in [5.74, 6) is 0.331. The number of piperidine rings is 1. The molecule has 0 radical (unpaired) electrons. The molecule has 4 aromatic rings. The normalized spacial score (nSPS) is 14.7. The smallest absolute Gasteiger partial charge is 0.410 e. The predicted octanol–water partition coefficient (Wildman–Crippen LogP) is 5.95. The fourth-order valence-corrected chi connectivity index (χ4v) is 5.02. The Bertz CT molecular complexity index is 1540. The Morgan fingerprint density at radius 3 is 2.46 bits per heavy atom. The summed E-state index contributed by atoms with van der Waals surface area (Å²) in [6.07, 6.45) is 3.81. The molecule has 0 unspecified atom stereocenters. The predicted molar refractivity (Wildman–Crippen MR) is 143 cm³/mol. The molecule has 4 heterocycles. The van der Waals surface area contributed by atoms with Gasteiger partial charge in [0.15, 0.2) is 5.65 Å². The average molecular weight is 535 g/mol. The lowest BCUT2D eigenvalue weighted by Crippen LogP contribution is -2.41. The van der Waals surface area contributed by atoms with Crippen LogP contribution in [-0.4, -0.2) is 54.2 Å². The molecule has 1 saturated heterocycles. The van der Waals surface area contributed by atoms with Gasteiger partial charge in [0.2, 0.25) is 0 Å². The van der Waals surface area contributed by atoms with E-state index in [1.807, 2.05) is 33.8 Å². The second-order valence-corrected chi connectivity index (χ2v) is 11.0. The molecule has 1 amide bonds. The fraction of sp³-hybridized carbons (Fsp3) is 0.414. The van der Waals surface area contributed by atoms with Gasteiger partial charge in [0.25, 0.3) is 0 Å². The molecular formula is C29H32F2N6O2. The number of aromatic nitrogens is 5. The number of hydrogen-bond donors (Lipinski definition) is 0. The minimum Gasteiger partial charge on any atom is -0.444 e. The molecule has 0 saturated carbocycles. The summed E-state index contributed by atoms with van der Waals surface area (Å²) in [7, 11) is 0. The molecule has 204 valence electrons. The van der Waals surface area contributed by atoms with Gasteiger partial charge in [-0.2, -0.15) is 0 Å². The van der Waals surface area contributed by atoms with Crippen molar-refractivity contribution in [2.75, 3.05) is 13.1 Å². The van der Waals surface area contributed by atoms with Crippen molar-refractivity contribution in [3.05, 3.63) is 70.9 Å². The van der Waals surface area contributed by atoms with Crippen molar-refractivity contribution in [3.8, 4) is 11.4 Å². The first-order valence-corrected chi connectivity index (χ1v) is 13.1. The molecule has 0 atom stereocenters. The lowest BCUT2D eigenvalue weighted by molar-refractivity contribution is 0.0204. The Morgan fingerprint density at radius 1 is 1.05 bits per heavy atom. The highest BCUT2D eigenvalue weighted by molar-refractivity contribution is 5.79. The van der Waals surface area contributed by atoms with E-state index in [-0.39, 0.29) is 24.4 Å². The lowest BCUT2D eigenvalue weighted by Gasteiger charge is -2.33. The number of fused-ring (bicyclic) bond motifs is 1. The van der Waals surface area contributed by atoms with Crippen LogP contribution in [0.4, 0.5) is 13.6 Å². The highest BCUT2D eigenvalue weighted by Gasteiger charge is 2.28. The van der Waals surface area contributed by atoms with Crippen molar-refractivity contribution < 1.29 is 18.3 Å². The molecule has 10 heteroatoms. The van der Waals surface area contributed by atoms with Crippen LogP contribution < -0.4 is 0 Å². The van der Waals surface area contributed by atoms with Crippen LogP contribution in [0.1, 0.15) is 62.2 Å². The van der Waals surface area contributed by atoms with Gasteiger partial charge in [0.1, 0.15) is 34.4 Å². The molecule has 5 rings (SSSR count). The molecule has 1 fully saturated rings. The average Bonchev–Trinajstić information content (AvgIpc) is 3.23. The van der Waals surface area contributed by atoms with Crippen LogP contribution in [0.2, 0.25) is 0 Å². The summed E-state index contributed by atoms with van der Waals surface area (Å²) in [5, 5.41) is 0. The first kappa shape index (κ1) is 26.6. The second kappa shape index (κ2) is 10.3. The molecular weight excluding hydrogens is 502 g/mol. The van der Waals surface area contributed by atoms with Crippen molar-refractivity contribution >= 4 is 17.3 Å². The van der Waals surface area contributed by atoms with Crippen molar-refractivity contribution in [1.29, 1.82) is 0 Å². The van der Waals surface area contributed by atoms with Gasteiger partial charge in [-0.1, -0.05) is 12.1 Å². The molecule has 3 aromatic heterocycles. The number of halogens is 2. The van der Waals surface area contributed by atoms with Gasteiger partial charge >= 0.3 is 6.09 Å². The van der Waals surface area contributed by atoms with E-state index in [4.69, 9.17) is 9.72 Å². The van der Waals surface area contributed by atoms with Gasteiger partial charge in [-0.15, -0.1) is 0 Å². The molecule has 8 nitrogen and oxygen atoms in total. The number of benzene rings is 1. The van der Waals surface area contributed by atoms with E-state index < -0.39 is 11.4 Å². The molecule has 0 bridgehead atoms. The number of pyridine rings is 1. The van der Waals surface area contributed by atoms with E-state index in [1.54, 1.807) is 28.5 Å². The summed E-state index contributed by atoms with van der Waals surface area (Å²) in [5.41, 5.74) is 3.12. The maximum atomic E-state index is 15.5. The second-order valence-electron chi connectivity index (χ2n) is 11.0. The minimum absolute atomic E-state index is 0.147. The Hall–Kier alpha value is -3.95. The van der Waals surface area contributed by atoms with Crippen LogP contribution in [0.25, 0.3) is 22.6 Å². The van der Waals surface area contributed by atoms with Crippen molar-refractivity contribution in [2.45, 2.75) is 65.5 Å². The Kier molecular flexibility index (Phi) is 7.05. The number of hydrogen-bond acceptors (Lipinski definition) is 6. The van der Waals surface area contributed by atoms with Gasteiger partial charge in [-0.25, -0.2) is 28.5 Å². The Labute approximate surface area is 226 Å². The molecule has 0 N–H and O–H groups in total. The monoisotopic (exact) mass is 534 g/mol. The van der Waals surface area contributed by atoms with Crippen LogP contribution in [0.15, 0.2) is 36.7 Å². The largest absolute Gasteiger partial charge is 0.444 e. The number of carbonyl (C=O) groups is 1. The number of carbonyl (C=O) groups excluding carboxylic acids is 1. The molecule has 1 aliphatic heterocycles. The van der Waals surface area contributed by atoms with Crippen molar-refractivity contribution in [2.24, 2.45) is 0 Å². The minimum atomic E-state index is -0.540. The van der Waals surface area contributed by atoms with Crippen LogP contribution >= 0.6 is 0 Å². The summed E-state index contributed by atoms with van der Waals surface area (Å²) in [6.45, 7) is 10.5. The summed E-state index contributed by atoms with van der Waals surface area (Å²) in [6, 6.07) is 6.66. The molecule has 39 heavy (non-hydrogen) atoms. The topological polar surface area (TPSA) is 86.0 Å². The Morgan fingerprint density at radius 2 is 1.79 bits per heavy atom. The number of nitrogens with zero attached hydrogens (tertiary/aromatic N) is 6. The summed E-state index contributed by atoms with van der Waals surface area (Å²) < 4.78 is 36.8. The first-order chi connectivity index (χ1) is 18.5. The van der Waals surface area contributed by atoms with Crippen LogP contribution in [0.5, 0.6) is 0 Å². The van der Waals surface area contributed by atoms with E-state index >= 15 is 4.39 Å². The van der Waals surface area contributed by atoms with E-state index in [0.717, 1.165) is 24.6 Å². The number of ether oxygens (including phenoxy) is 1. The van der Waals surface area contributed by atoms with Crippen LogP contribution in [0.3, 0.4) is 0 Å². The SMILES string of the molecule is Cc1nc(C)c2nc(-c3cncc(F)c3)n(Cc3ccc(C4CCN(C(=O)OC(C)(C)C)CC4)cc3F)c2n1. The van der Waals surface area contributed by atoms with Gasteiger partial charge in [-0.05, 0) is 71.1 Å². The fourth-order valence-electron chi connectivity index (χ4n) is 5.02. The van der Waals surface area contributed by atoms with Crippen molar-refractivity contribution in [3.63, 3.8) is 0 Å². The van der Waals surface area contributed by atoms with E-state index in [1.165, 1.54) is 12.3 Å². The van der Waals surface area contributed by atoms with Gasteiger partial charge in [0, 0.05) is 30.4 Å². The molecule has 1 aromatic carbocycles. The number of amides is 1. The standard InChI is InChI=1S/C29H32F2N6O2/c1-17-25-27(34-18(2)33-17)37(26(35-25)22-12-23(30)15-32-14-22)16-21-7-6-20(13-24(21)31)19-8-10-36(11-9-19)28(38)39-29(3,4)5/h6-7,12-15,19H,8-11,16H2,1-5H3. The number of rotatable bonds is 4. The maximum Gasteiger partial charge on any atom is 0.410 e. The van der Waals surface area contributed by atoms with E-state index in [9.17, 15) is 9.18 Å². The lowest BCUT2D eigenvalue weighted by atomic mass is 9.89. The van der Waals surface area contributed by atoms with Gasteiger partial charge < -0.3 is 14.2 Å². The summed E-state index contributed by atoms with van der Waals surface area (Å²) >= 11 is 0. The third-order valence-electron chi connectivity index (χ3n) is 6.87. The van der Waals surface area contributed by atoms with E-state index in [2.05, 4.69) is 15.0 Å². The first-order valence-electron chi connectivity index (χ1n) is 13.1. The maximum absolute atomic E-state index is 15.5. The van der Waals surface area contributed by atoms with E-state index in [0.29, 0.717) is 52.7 Å². The zero-order chi connectivity index (χ0) is 27.9. The molecule has 0 spiro atoms. The third kappa shape index (κ3) is 5.74. The highest BCUT2D eigenvalue weighted by Crippen LogP contribution is 2.31. The third-order valence-corrected chi connectivity index (χ3v) is 6.87. The highest BCUT2D eigenvalue weighted by atomic mass is 19.1. The number of imidazole rings is 1. The number of aryl methyl sites for hydroxylation is 2. The van der Waals surface area contributed by atoms with Crippen LogP contribution in [0, 0.1) is 25.5 Å². The van der Waals surface area contributed by atoms with Gasteiger partial charge in [-0.3, -0.25) is 4.98 Å². The molecule has 0 aliphatic carbocycles. The van der Waals surface area contributed by atoms with Crippen LogP contribution in [-0.2, 0) is 11.3 Å². The Balaban J connectivity index is 1.40. The zero-order valence-electron chi connectivity index (χ0n) is 22.8. The zero-order valence-corrected chi connectivity index (χ0v) is 22.8. The number of likely N-dealkylation sites (tertiary alicyclic amines) is 1. The summed E-state index contributed by atoms with van der Waals surface area (Å²) in [4.78, 5) is 31.7. The molecule has 1 aliphatic rings.